The second-order valence-electron chi connectivity index (χ2n) is 5.56. The Balaban J connectivity index is 1.53. The van der Waals surface area contributed by atoms with Crippen LogP contribution in [0.25, 0.3) is 10.8 Å². The van der Waals surface area contributed by atoms with E-state index in [1.165, 1.54) is 29.2 Å². The number of benzene rings is 2. The Kier molecular flexibility index (Phi) is 3.16. The highest BCUT2D eigenvalue weighted by molar-refractivity contribution is 5.85. The van der Waals surface area contributed by atoms with Crippen molar-refractivity contribution in [1.29, 1.82) is 0 Å². The quantitative estimate of drug-likeness (QED) is 0.780. The SMILES string of the molecule is c1ccc2c(Cc3nnc(CNC4CC4)o3)cccc2c1. The van der Waals surface area contributed by atoms with Crippen LogP contribution in [0.4, 0.5) is 0 Å². The predicted octanol–water partition coefficient (Wildman–Crippen LogP) is 3.07. The highest BCUT2D eigenvalue weighted by atomic mass is 16.4. The molecule has 0 saturated heterocycles. The zero-order chi connectivity index (χ0) is 14.1. The summed E-state index contributed by atoms with van der Waals surface area (Å²) in [7, 11) is 0. The molecule has 1 aromatic heterocycles. The molecule has 3 aromatic rings. The van der Waals surface area contributed by atoms with Crippen molar-refractivity contribution >= 4 is 10.8 Å². The fourth-order valence-electron chi connectivity index (χ4n) is 2.56. The number of rotatable bonds is 5. The molecule has 1 aliphatic rings. The lowest BCUT2D eigenvalue weighted by Crippen LogP contribution is -2.15. The molecule has 2 aromatic carbocycles. The summed E-state index contributed by atoms with van der Waals surface area (Å²) in [6.07, 6.45) is 3.20. The minimum absolute atomic E-state index is 0.651. The van der Waals surface area contributed by atoms with Gasteiger partial charge in [0.2, 0.25) is 11.8 Å². The number of hydrogen-bond donors (Lipinski definition) is 1. The van der Waals surface area contributed by atoms with Gasteiger partial charge in [0.15, 0.2) is 0 Å². The summed E-state index contributed by atoms with van der Waals surface area (Å²) in [6.45, 7) is 0.674. The van der Waals surface area contributed by atoms with E-state index in [-0.39, 0.29) is 0 Å². The van der Waals surface area contributed by atoms with Gasteiger partial charge in [-0.3, -0.25) is 0 Å². The molecule has 1 aliphatic carbocycles. The first kappa shape index (κ1) is 12.5. The maximum Gasteiger partial charge on any atom is 0.230 e. The lowest BCUT2D eigenvalue weighted by Gasteiger charge is -2.03. The fourth-order valence-corrected chi connectivity index (χ4v) is 2.56. The zero-order valence-corrected chi connectivity index (χ0v) is 11.7. The van der Waals surface area contributed by atoms with Crippen molar-refractivity contribution < 1.29 is 4.42 Å². The van der Waals surface area contributed by atoms with Crippen molar-refractivity contribution in [2.75, 3.05) is 0 Å². The van der Waals surface area contributed by atoms with E-state index < -0.39 is 0 Å². The summed E-state index contributed by atoms with van der Waals surface area (Å²) >= 11 is 0. The maximum atomic E-state index is 5.73. The molecule has 1 heterocycles. The third-order valence-corrected chi connectivity index (χ3v) is 3.85. The number of fused-ring (bicyclic) bond motifs is 1. The molecule has 1 N–H and O–H groups in total. The van der Waals surface area contributed by atoms with Crippen molar-refractivity contribution in [2.24, 2.45) is 0 Å². The first-order valence-electron chi connectivity index (χ1n) is 7.40. The molecule has 0 radical (unpaired) electrons. The standard InChI is InChI=1S/C17H17N3O/c1-2-7-15-12(4-1)5-3-6-13(15)10-16-19-20-17(21-16)11-18-14-8-9-14/h1-7,14,18H,8-11H2. The molecule has 4 nitrogen and oxygen atoms in total. The highest BCUT2D eigenvalue weighted by Crippen LogP contribution is 2.21. The van der Waals surface area contributed by atoms with E-state index in [0.717, 1.165) is 0 Å². The normalized spacial score (nSPS) is 14.7. The van der Waals surface area contributed by atoms with Gasteiger partial charge in [0.25, 0.3) is 0 Å². The lowest BCUT2D eigenvalue weighted by atomic mass is 10.0. The van der Waals surface area contributed by atoms with Crippen LogP contribution in [0.5, 0.6) is 0 Å². The molecule has 0 spiro atoms. The molecule has 1 saturated carbocycles. The Bertz CT molecular complexity index is 756. The topological polar surface area (TPSA) is 51.0 Å². The van der Waals surface area contributed by atoms with Gasteiger partial charge < -0.3 is 9.73 Å². The van der Waals surface area contributed by atoms with Crippen LogP contribution >= 0.6 is 0 Å². The van der Waals surface area contributed by atoms with E-state index in [2.05, 4.69) is 58.0 Å². The number of hydrogen-bond acceptors (Lipinski definition) is 4. The summed E-state index contributed by atoms with van der Waals surface area (Å²) < 4.78 is 5.73. The summed E-state index contributed by atoms with van der Waals surface area (Å²) in [6, 6.07) is 15.3. The second-order valence-corrected chi connectivity index (χ2v) is 5.56. The van der Waals surface area contributed by atoms with Crippen LogP contribution in [0.15, 0.2) is 46.9 Å². The van der Waals surface area contributed by atoms with Crippen molar-refractivity contribution in [3.63, 3.8) is 0 Å². The van der Waals surface area contributed by atoms with E-state index in [0.29, 0.717) is 30.8 Å². The minimum Gasteiger partial charge on any atom is -0.424 e. The van der Waals surface area contributed by atoms with Gasteiger partial charge in [-0.15, -0.1) is 10.2 Å². The Labute approximate surface area is 123 Å². The van der Waals surface area contributed by atoms with Gasteiger partial charge in [-0.05, 0) is 29.2 Å². The minimum atomic E-state index is 0.651. The van der Waals surface area contributed by atoms with E-state index in [1.54, 1.807) is 0 Å². The van der Waals surface area contributed by atoms with Crippen molar-refractivity contribution in [2.45, 2.75) is 31.8 Å². The first-order chi connectivity index (χ1) is 10.4. The van der Waals surface area contributed by atoms with Gasteiger partial charge in [-0.2, -0.15) is 0 Å². The van der Waals surface area contributed by atoms with Crippen LogP contribution in [-0.2, 0) is 13.0 Å². The smallest absolute Gasteiger partial charge is 0.230 e. The van der Waals surface area contributed by atoms with E-state index in [9.17, 15) is 0 Å². The monoisotopic (exact) mass is 279 g/mol. The molecule has 0 aliphatic heterocycles. The average molecular weight is 279 g/mol. The Hall–Kier alpha value is -2.20. The molecular formula is C17H17N3O. The Morgan fingerprint density at radius 3 is 2.71 bits per heavy atom. The van der Waals surface area contributed by atoms with Gasteiger partial charge in [0.05, 0.1) is 13.0 Å². The number of aromatic nitrogens is 2. The molecule has 21 heavy (non-hydrogen) atoms. The van der Waals surface area contributed by atoms with Crippen LogP contribution in [0.3, 0.4) is 0 Å². The largest absolute Gasteiger partial charge is 0.424 e. The van der Waals surface area contributed by atoms with Crippen molar-refractivity contribution in [3.05, 3.63) is 59.8 Å². The van der Waals surface area contributed by atoms with Gasteiger partial charge in [0, 0.05) is 6.04 Å². The average Bonchev–Trinajstić information content (AvgIpc) is 3.25. The summed E-state index contributed by atoms with van der Waals surface area (Å²) in [5.41, 5.74) is 1.22. The molecule has 0 amide bonds. The number of nitrogens with one attached hydrogen (secondary N) is 1. The van der Waals surface area contributed by atoms with Crippen LogP contribution in [0, 0.1) is 0 Å². The highest BCUT2D eigenvalue weighted by Gasteiger charge is 2.21. The van der Waals surface area contributed by atoms with E-state index in [1.807, 2.05) is 0 Å². The summed E-state index contributed by atoms with van der Waals surface area (Å²) in [4.78, 5) is 0. The van der Waals surface area contributed by atoms with E-state index in [4.69, 9.17) is 4.42 Å². The third-order valence-electron chi connectivity index (χ3n) is 3.85. The van der Waals surface area contributed by atoms with Gasteiger partial charge in [0.1, 0.15) is 0 Å². The molecule has 4 rings (SSSR count). The van der Waals surface area contributed by atoms with Crippen LogP contribution in [0.1, 0.15) is 30.2 Å². The zero-order valence-electron chi connectivity index (χ0n) is 11.7. The molecule has 0 unspecified atom stereocenters. The second kappa shape index (κ2) is 5.30. The van der Waals surface area contributed by atoms with Crippen LogP contribution in [-0.4, -0.2) is 16.2 Å². The maximum absolute atomic E-state index is 5.73. The fraction of sp³-hybridized carbons (Fsp3) is 0.294. The Morgan fingerprint density at radius 2 is 1.81 bits per heavy atom. The first-order valence-corrected chi connectivity index (χ1v) is 7.40. The lowest BCUT2D eigenvalue weighted by molar-refractivity contribution is 0.438. The molecule has 1 fully saturated rings. The van der Waals surface area contributed by atoms with Gasteiger partial charge in [-0.1, -0.05) is 42.5 Å². The van der Waals surface area contributed by atoms with Crippen molar-refractivity contribution in [3.8, 4) is 0 Å². The van der Waals surface area contributed by atoms with Gasteiger partial charge in [-0.25, -0.2) is 0 Å². The number of nitrogens with zero attached hydrogens (tertiary/aromatic N) is 2. The molecule has 0 bridgehead atoms. The van der Waals surface area contributed by atoms with Crippen molar-refractivity contribution in [1.82, 2.24) is 15.5 Å². The molecule has 106 valence electrons. The Morgan fingerprint density at radius 1 is 1.00 bits per heavy atom. The van der Waals surface area contributed by atoms with Gasteiger partial charge >= 0.3 is 0 Å². The third kappa shape index (κ3) is 2.81. The summed E-state index contributed by atoms with van der Waals surface area (Å²) in [5, 5.41) is 14.1. The van der Waals surface area contributed by atoms with Crippen LogP contribution < -0.4 is 5.32 Å². The van der Waals surface area contributed by atoms with E-state index >= 15 is 0 Å². The molecular weight excluding hydrogens is 262 g/mol. The van der Waals surface area contributed by atoms with Crippen LogP contribution in [0.2, 0.25) is 0 Å². The molecule has 4 heteroatoms. The molecule has 0 atom stereocenters. The predicted molar refractivity (Wildman–Crippen MR) is 80.9 cm³/mol. The summed E-state index contributed by atoms with van der Waals surface area (Å²) in [5.74, 6) is 1.36.